The van der Waals surface area contributed by atoms with Crippen molar-refractivity contribution < 1.29 is 24.6 Å². The van der Waals surface area contributed by atoms with Gasteiger partial charge in [-0.1, -0.05) is 20.8 Å². The maximum atomic E-state index is 12.4. The van der Waals surface area contributed by atoms with Gasteiger partial charge in [0.25, 0.3) is 5.91 Å². The summed E-state index contributed by atoms with van der Waals surface area (Å²) in [6.07, 6.45) is 1.45. The summed E-state index contributed by atoms with van der Waals surface area (Å²) in [6.45, 7) is 5.50. The summed E-state index contributed by atoms with van der Waals surface area (Å²) in [4.78, 5) is 35.9. The second-order valence-electron chi connectivity index (χ2n) is 8.36. The second kappa shape index (κ2) is 8.60. The van der Waals surface area contributed by atoms with E-state index in [4.69, 9.17) is 5.73 Å². The Labute approximate surface area is 164 Å². The summed E-state index contributed by atoms with van der Waals surface area (Å²) in [7, 11) is 0. The van der Waals surface area contributed by atoms with Crippen LogP contribution in [0.1, 0.15) is 56.0 Å². The van der Waals surface area contributed by atoms with Crippen molar-refractivity contribution >= 4 is 17.8 Å². The van der Waals surface area contributed by atoms with Gasteiger partial charge in [-0.3, -0.25) is 14.4 Å². The minimum Gasteiger partial charge on any atom is -0.508 e. The summed E-state index contributed by atoms with van der Waals surface area (Å²) in [5.74, 6) is -2.49. The molecule has 1 aromatic rings. The highest BCUT2D eigenvalue weighted by molar-refractivity contribution is 5.97. The number of carbonyl (C=O) groups is 3. The molecule has 1 fully saturated rings. The molecule has 0 bridgehead atoms. The lowest BCUT2D eigenvalue weighted by atomic mass is 9.82. The van der Waals surface area contributed by atoms with Crippen molar-refractivity contribution in [2.24, 2.45) is 11.7 Å². The van der Waals surface area contributed by atoms with Gasteiger partial charge in [-0.05, 0) is 42.9 Å². The van der Waals surface area contributed by atoms with Crippen LogP contribution in [-0.4, -0.2) is 46.6 Å². The Balaban J connectivity index is 1.95. The van der Waals surface area contributed by atoms with E-state index in [0.29, 0.717) is 30.4 Å². The van der Waals surface area contributed by atoms with Crippen LogP contribution in [0, 0.1) is 5.92 Å². The lowest BCUT2D eigenvalue weighted by molar-refractivity contribution is -0.144. The molecule has 3 atom stereocenters. The number of carboxylic acid groups (broad SMARTS) is 1. The minimum absolute atomic E-state index is 0.108. The highest BCUT2D eigenvalue weighted by atomic mass is 16.4. The van der Waals surface area contributed by atoms with Crippen molar-refractivity contribution in [1.82, 2.24) is 10.6 Å². The third-order valence-corrected chi connectivity index (χ3v) is 5.03. The summed E-state index contributed by atoms with van der Waals surface area (Å²) < 4.78 is 0. The van der Waals surface area contributed by atoms with E-state index in [9.17, 15) is 24.6 Å². The molecule has 0 aromatic heterocycles. The van der Waals surface area contributed by atoms with Crippen LogP contribution >= 0.6 is 0 Å². The molecule has 1 aliphatic rings. The Bertz CT molecular complexity index is 757. The van der Waals surface area contributed by atoms with Gasteiger partial charge in [-0.2, -0.15) is 0 Å². The highest BCUT2D eigenvalue weighted by Gasteiger charge is 2.35. The number of hydrogen-bond donors (Lipinski definition) is 5. The number of amides is 2. The van der Waals surface area contributed by atoms with Crippen LogP contribution in [-0.2, 0) is 15.0 Å². The molecule has 0 spiro atoms. The molecular weight excluding hydrogens is 362 g/mol. The van der Waals surface area contributed by atoms with E-state index in [-0.39, 0.29) is 23.8 Å². The molecule has 0 saturated heterocycles. The van der Waals surface area contributed by atoms with Gasteiger partial charge >= 0.3 is 5.97 Å². The molecule has 6 N–H and O–H groups in total. The van der Waals surface area contributed by atoms with Crippen LogP contribution in [0.5, 0.6) is 5.75 Å². The Hall–Kier alpha value is -2.61. The lowest BCUT2D eigenvalue weighted by Gasteiger charge is -2.32. The van der Waals surface area contributed by atoms with E-state index in [1.165, 1.54) is 12.1 Å². The lowest BCUT2D eigenvalue weighted by Crippen LogP contribution is -2.51. The van der Waals surface area contributed by atoms with Gasteiger partial charge in [0.2, 0.25) is 5.91 Å². The quantitative estimate of drug-likeness (QED) is 0.509. The molecule has 0 radical (unpaired) electrons. The first-order valence-electron chi connectivity index (χ1n) is 9.38. The number of benzene rings is 1. The van der Waals surface area contributed by atoms with Crippen LogP contribution < -0.4 is 16.4 Å². The van der Waals surface area contributed by atoms with Crippen molar-refractivity contribution in [1.29, 1.82) is 0 Å². The summed E-state index contributed by atoms with van der Waals surface area (Å²) in [5.41, 5.74) is 6.45. The fraction of sp³-hybridized carbons (Fsp3) is 0.550. The number of carbonyl (C=O) groups excluding carboxylic acids is 2. The Morgan fingerprint density at radius 3 is 2.50 bits per heavy atom. The molecule has 8 nitrogen and oxygen atoms in total. The van der Waals surface area contributed by atoms with Crippen molar-refractivity contribution in [2.75, 3.05) is 6.54 Å². The number of aliphatic carboxylic acids is 1. The number of hydrogen-bond acceptors (Lipinski definition) is 5. The molecule has 1 aliphatic carbocycles. The Morgan fingerprint density at radius 2 is 1.89 bits per heavy atom. The minimum atomic E-state index is -0.983. The number of phenolic OH excluding ortho intramolecular Hbond substituents is 1. The predicted molar refractivity (Wildman–Crippen MR) is 104 cm³/mol. The van der Waals surface area contributed by atoms with Gasteiger partial charge in [0.1, 0.15) is 5.75 Å². The van der Waals surface area contributed by atoms with Gasteiger partial charge in [-0.15, -0.1) is 0 Å². The van der Waals surface area contributed by atoms with Crippen LogP contribution in [0.2, 0.25) is 0 Å². The molecule has 28 heavy (non-hydrogen) atoms. The van der Waals surface area contributed by atoms with Crippen molar-refractivity contribution in [3.8, 4) is 5.75 Å². The van der Waals surface area contributed by atoms with Crippen LogP contribution in [0.25, 0.3) is 0 Å². The maximum Gasteiger partial charge on any atom is 0.308 e. The first-order valence-corrected chi connectivity index (χ1v) is 9.38. The van der Waals surface area contributed by atoms with Crippen molar-refractivity contribution in [3.63, 3.8) is 0 Å². The fourth-order valence-corrected chi connectivity index (χ4v) is 3.45. The number of rotatable bonds is 5. The number of phenols is 1. The summed E-state index contributed by atoms with van der Waals surface area (Å²) in [5, 5.41) is 24.5. The predicted octanol–water partition coefficient (Wildman–Crippen LogP) is 1.12. The van der Waals surface area contributed by atoms with E-state index >= 15 is 0 Å². The molecular formula is C20H29N3O5. The normalized spacial score (nSPS) is 22.4. The Kier molecular flexibility index (Phi) is 6.66. The average Bonchev–Trinajstić information content (AvgIpc) is 2.60. The zero-order valence-corrected chi connectivity index (χ0v) is 16.5. The smallest absolute Gasteiger partial charge is 0.308 e. The van der Waals surface area contributed by atoms with Gasteiger partial charge in [-0.25, -0.2) is 0 Å². The second-order valence-corrected chi connectivity index (χ2v) is 8.36. The monoisotopic (exact) mass is 391 g/mol. The molecule has 0 aliphatic heterocycles. The van der Waals surface area contributed by atoms with Gasteiger partial charge < -0.3 is 26.6 Å². The van der Waals surface area contributed by atoms with E-state index in [1.54, 1.807) is 6.07 Å². The molecule has 154 valence electrons. The molecule has 0 heterocycles. The topological polar surface area (TPSA) is 142 Å². The zero-order chi connectivity index (χ0) is 21.1. The number of nitrogens with two attached hydrogens (primary N) is 1. The average molecular weight is 391 g/mol. The first-order chi connectivity index (χ1) is 13.0. The molecule has 1 aromatic carbocycles. The van der Waals surface area contributed by atoms with E-state index in [2.05, 4.69) is 10.6 Å². The molecule has 2 rings (SSSR count). The van der Waals surface area contributed by atoms with Crippen LogP contribution in [0.15, 0.2) is 18.2 Å². The van der Waals surface area contributed by atoms with Crippen molar-refractivity contribution in [3.05, 3.63) is 29.3 Å². The van der Waals surface area contributed by atoms with Gasteiger partial charge in [0.15, 0.2) is 0 Å². The third-order valence-electron chi connectivity index (χ3n) is 5.03. The SMILES string of the molecule is CC(C)(C)c1cc(C(=O)NCC(=O)N[C@H]2CC[C@@H](N)C[C@H]2C(=O)O)ccc1O. The van der Waals surface area contributed by atoms with Crippen molar-refractivity contribution in [2.45, 2.75) is 57.5 Å². The van der Waals surface area contributed by atoms with Crippen LogP contribution in [0.3, 0.4) is 0 Å². The molecule has 2 amide bonds. The standard InChI is InChI=1S/C20H29N3O5/c1-20(2,3)14-8-11(4-7-16(14)24)18(26)22-10-17(25)23-15-6-5-12(21)9-13(15)19(27)28/h4,7-8,12-13,15,24H,5-6,9-10,21H2,1-3H3,(H,22,26)(H,23,25)(H,27,28)/t12-,13-,15+/m1/s1. The number of aromatic hydroxyl groups is 1. The van der Waals surface area contributed by atoms with Gasteiger partial charge in [0.05, 0.1) is 12.5 Å². The summed E-state index contributed by atoms with van der Waals surface area (Å²) in [6, 6.07) is 3.87. The van der Waals surface area contributed by atoms with E-state index in [0.717, 1.165) is 0 Å². The summed E-state index contributed by atoms with van der Waals surface area (Å²) >= 11 is 0. The van der Waals surface area contributed by atoms with Crippen LogP contribution in [0.4, 0.5) is 0 Å². The molecule has 0 unspecified atom stereocenters. The Morgan fingerprint density at radius 1 is 1.21 bits per heavy atom. The highest BCUT2D eigenvalue weighted by Crippen LogP contribution is 2.31. The first kappa shape index (κ1) is 21.7. The maximum absolute atomic E-state index is 12.4. The van der Waals surface area contributed by atoms with Gasteiger partial charge in [0, 0.05) is 23.2 Å². The molecule has 1 saturated carbocycles. The largest absolute Gasteiger partial charge is 0.508 e. The van der Waals surface area contributed by atoms with E-state index < -0.39 is 29.7 Å². The van der Waals surface area contributed by atoms with E-state index in [1.807, 2.05) is 20.8 Å². The zero-order valence-electron chi connectivity index (χ0n) is 16.5. The number of carboxylic acids is 1. The molecule has 8 heteroatoms. The number of nitrogens with one attached hydrogen (secondary N) is 2. The third kappa shape index (κ3) is 5.45. The fourth-order valence-electron chi connectivity index (χ4n) is 3.45.